The number of carbonyl (C=O) groups is 3. The van der Waals surface area contributed by atoms with Crippen LogP contribution in [0.5, 0.6) is 5.75 Å². The lowest BCUT2D eigenvalue weighted by Gasteiger charge is -2.17. The molecule has 7 nitrogen and oxygen atoms in total. The average molecular weight is 393 g/mol. The monoisotopic (exact) mass is 393 g/mol. The molecule has 2 aromatic carbocycles. The van der Waals surface area contributed by atoms with Gasteiger partial charge in [0, 0.05) is 25.2 Å². The van der Waals surface area contributed by atoms with Gasteiger partial charge < -0.3 is 15.0 Å². The fraction of sp³-hybridized carbons (Fsp3) is 0.318. The summed E-state index contributed by atoms with van der Waals surface area (Å²) >= 11 is 0. The highest BCUT2D eigenvalue weighted by Crippen LogP contribution is 2.26. The van der Waals surface area contributed by atoms with Crippen molar-refractivity contribution in [3.05, 3.63) is 54.1 Å². The van der Waals surface area contributed by atoms with E-state index >= 15 is 0 Å². The minimum atomic E-state index is -0.551. The maximum Gasteiger partial charge on any atom is 0.251 e. The minimum Gasteiger partial charge on any atom is -0.497 e. The Bertz CT molecular complexity index is 924. The van der Waals surface area contributed by atoms with Crippen LogP contribution in [0.4, 0.5) is 11.4 Å². The van der Waals surface area contributed by atoms with Crippen LogP contribution >= 0.6 is 0 Å². The Labute approximate surface area is 169 Å². The van der Waals surface area contributed by atoms with Gasteiger partial charge in [-0.15, -0.1) is 0 Å². The van der Waals surface area contributed by atoms with E-state index in [0.717, 1.165) is 24.2 Å². The summed E-state index contributed by atoms with van der Waals surface area (Å²) in [6.45, 7) is 1.23. The second-order valence-corrected chi connectivity index (χ2v) is 7.22. The molecule has 2 aliphatic heterocycles. The SMILES string of the molecule is COc1ccc(N2C(=O)C[C@@H](NCc3ccc(N4CCCC4=O)cc3)C2=O)cc1. The van der Waals surface area contributed by atoms with Gasteiger partial charge in [0.1, 0.15) is 5.75 Å². The Kier molecular flexibility index (Phi) is 5.31. The molecule has 0 spiro atoms. The number of nitrogens with zero attached hydrogens (tertiary/aromatic N) is 2. The number of hydrogen-bond donors (Lipinski definition) is 1. The number of carbonyl (C=O) groups excluding carboxylic acids is 3. The highest BCUT2D eigenvalue weighted by atomic mass is 16.5. The van der Waals surface area contributed by atoms with Gasteiger partial charge in [-0.05, 0) is 48.4 Å². The first kappa shape index (κ1) is 19.1. The smallest absolute Gasteiger partial charge is 0.251 e. The van der Waals surface area contributed by atoms with E-state index in [1.54, 1.807) is 36.3 Å². The van der Waals surface area contributed by atoms with Crippen molar-refractivity contribution in [2.45, 2.75) is 31.8 Å². The summed E-state index contributed by atoms with van der Waals surface area (Å²) < 4.78 is 5.12. The first-order valence-electron chi connectivity index (χ1n) is 9.70. The van der Waals surface area contributed by atoms with Crippen LogP contribution in [0, 0.1) is 0 Å². The third-order valence-electron chi connectivity index (χ3n) is 5.35. The van der Waals surface area contributed by atoms with Crippen LogP contribution in [-0.2, 0) is 20.9 Å². The first-order chi connectivity index (χ1) is 14.1. The molecule has 1 atom stereocenters. The molecular weight excluding hydrogens is 370 g/mol. The van der Waals surface area contributed by atoms with Crippen LogP contribution in [0.25, 0.3) is 0 Å². The van der Waals surface area contributed by atoms with Crippen LogP contribution in [-0.4, -0.2) is 37.4 Å². The molecule has 0 bridgehead atoms. The lowest BCUT2D eigenvalue weighted by Crippen LogP contribution is -2.38. The summed E-state index contributed by atoms with van der Waals surface area (Å²) in [4.78, 5) is 40.0. The van der Waals surface area contributed by atoms with Crippen molar-refractivity contribution in [1.82, 2.24) is 5.32 Å². The molecule has 2 aromatic rings. The summed E-state index contributed by atoms with van der Waals surface area (Å²) in [6, 6.07) is 14.0. The summed E-state index contributed by atoms with van der Waals surface area (Å²) in [5.74, 6) is 0.353. The molecule has 0 saturated carbocycles. The maximum atomic E-state index is 12.7. The Morgan fingerprint density at radius 2 is 1.66 bits per heavy atom. The summed E-state index contributed by atoms with van der Waals surface area (Å²) in [5.41, 5.74) is 2.43. The van der Waals surface area contributed by atoms with E-state index in [-0.39, 0.29) is 24.1 Å². The topological polar surface area (TPSA) is 79.0 Å². The lowest BCUT2D eigenvalue weighted by molar-refractivity contribution is -0.122. The Balaban J connectivity index is 1.38. The fourth-order valence-corrected chi connectivity index (χ4v) is 3.75. The third kappa shape index (κ3) is 3.86. The van der Waals surface area contributed by atoms with Crippen molar-refractivity contribution >= 4 is 29.1 Å². The predicted molar refractivity (Wildman–Crippen MR) is 109 cm³/mol. The normalized spacial score (nSPS) is 19.3. The van der Waals surface area contributed by atoms with Gasteiger partial charge in [0.15, 0.2) is 0 Å². The van der Waals surface area contributed by atoms with Crippen molar-refractivity contribution < 1.29 is 19.1 Å². The number of rotatable bonds is 6. The molecule has 0 aliphatic carbocycles. The second-order valence-electron chi connectivity index (χ2n) is 7.22. The molecule has 0 unspecified atom stereocenters. The highest BCUT2D eigenvalue weighted by Gasteiger charge is 2.39. The molecule has 2 fully saturated rings. The van der Waals surface area contributed by atoms with Crippen LogP contribution in [0.3, 0.4) is 0 Å². The predicted octanol–water partition coefficient (Wildman–Crippen LogP) is 2.24. The zero-order chi connectivity index (χ0) is 20.4. The molecule has 2 saturated heterocycles. The van der Waals surface area contributed by atoms with Gasteiger partial charge in [0.2, 0.25) is 11.8 Å². The van der Waals surface area contributed by atoms with Crippen LogP contribution in [0.15, 0.2) is 48.5 Å². The van der Waals surface area contributed by atoms with Crippen molar-refractivity contribution in [3.63, 3.8) is 0 Å². The molecule has 4 rings (SSSR count). The number of methoxy groups -OCH3 is 1. The minimum absolute atomic E-state index is 0.130. The van der Waals surface area contributed by atoms with Crippen LogP contribution in [0.2, 0.25) is 0 Å². The van der Waals surface area contributed by atoms with E-state index in [1.807, 2.05) is 24.3 Å². The van der Waals surface area contributed by atoms with Crippen molar-refractivity contribution in [3.8, 4) is 5.75 Å². The van der Waals surface area contributed by atoms with E-state index in [9.17, 15) is 14.4 Å². The van der Waals surface area contributed by atoms with Gasteiger partial charge in [-0.3, -0.25) is 14.4 Å². The fourth-order valence-electron chi connectivity index (χ4n) is 3.75. The van der Waals surface area contributed by atoms with E-state index in [4.69, 9.17) is 4.74 Å². The molecule has 7 heteroatoms. The molecule has 2 aliphatic rings. The summed E-state index contributed by atoms with van der Waals surface area (Å²) in [7, 11) is 1.57. The highest BCUT2D eigenvalue weighted by molar-refractivity contribution is 6.22. The molecule has 0 radical (unpaired) electrons. The van der Waals surface area contributed by atoms with Gasteiger partial charge in [-0.2, -0.15) is 0 Å². The number of benzene rings is 2. The van der Waals surface area contributed by atoms with Gasteiger partial charge in [-0.1, -0.05) is 12.1 Å². The first-order valence-corrected chi connectivity index (χ1v) is 9.70. The van der Waals surface area contributed by atoms with Crippen LogP contribution in [0.1, 0.15) is 24.8 Å². The largest absolute Gasteiger partial charge is 0.497 e. The van der Waals surface area contributed by atoms with E-state index in [0.29, 0.717) is 24.4 Å². The quantitative estimate of drug-likeness (QED) is 0.762. The van der Waals surface area contributed by atoms with Gasteiger partial charge in [0.25, 0.3) is 5.91 Å². The number of anilines is 2. The average Bonchev–Trinajstić information content (AvgIpc) is 3.29. The summed E-state index contributed by atoms with van der Waals surface area (Å²) in [6.07, 6.45) is 1.63. The molecule has 29 heavy (non-hydrogen) atoms. The lowest BCUT2D eigenvalue weighted by atomic mass is 10.1. The van der Waals surface area contributed by atoms with Gasteiger partial charge in [0.05, 0.1) is 25.3 Å². The summed E-state index contributed by atoms with van der Waals surface area (Å²) in [5, 5.41) is 3.18. The third-order valence-corrected chi connectivity index (χ3v) is 5.35. The molecule has 1 N–H and O–H groups in total. The van der Waals surface area contributed by atoms with E-state index in [1.165, 1.54) is 4.90 Å². The Hall–Kier alpha value is -3.19. The van der Waals surface area contributed by atoms with Gasteiger partial charge >= 0.3 is 0 Å². The maximum absolute atomic E-state index is 12.7. The Morgan fingerprint density at radius 1 is 0.966 bits per heavy atom. The van der Waals surface area contributed by atoms with E-state index in [2.05, 4.69) is 5.32 Å². The zero-order valence-corrected chi connectivity index (χ0v) is 16.3. The number of hydrogen-bond acceptors (Lipinski definition) is 5. The number of amides is 3. The Morgan fingerprint density at radius 3 is 2.28 bits per heavy atom. The number of imide groups is 1. The molecule has 3 amide bonds. The number of ether oxygens (including phenoxy) is 1. The van der Waals surface area contributed by atoms with Crippen molar-refractivity contribution in [2.24, 2.45) is 0 Å². The second kappa shape index (κ2) is 8.05. The molecule has 0 aromatic heterocycles. The molecule has 2 heterocycles. The van der Waals surface area contributed by atoms with Crippen molar-refractivity contribution in [2.75, 3.05) is 23.5 Å². The standard InChI is InChI=1S/C22H23N3O4/c1-29-18-10-8-17(9-11-18)25-21(27)13-19(22(25)28)23-14-15-4-6-16(7-5-15)24-12-2-3-20(24)26/h4-11,19,23H,2-3,12-14H2,1H3/t19-/m1/s1. The van der Waals surface area contributed by atoms with Crippen LogP contribution < -0.4 is 19.9 Å². The van der Waals surface area contributed by atoms with Crippen molar-refractivity contribution in [1.29, 1.82) is 0 Å². The van der Waals surface area contributed by atoms with E-state index < -0.39 is 6.04 Å². The zero-order valence-electron chi connectivity index (χ0n) is 16.3. The molecule has 150 valence electrons. The van der Waals surface area contributed by atoms with Gasteiger partial charge in [-0.25, -0.2) is 4.90 Å². The number of nitrogens with one attached hydrogen (secondary N) is 1. The molecular formula is C22H23N3O4.